The molecule has 2 atom stereocenters. The van der Waals surface area contributed by atoms with Gasteiger partial charge in [-0.15, -0.1) is 0 Å². The lowest BCUT2D eigenvalue weighted by molar-refractivity contribution is -0.0157. The maximum absolute atomic E-state index is 5.72. The summed E-state index contributed by atoms with van der Waals surface area (Å²) in [7, 11) is 0. The second-order valence-corrected chi connectivity index (χ2v) is 3.66. The third-order valence-electron chi connectivity index (χ3n) is 2.84. The Balaban J connectivity index is 1.82. The summed E-state index contributed by atoms with van der Waals surface area (Å²) < 4.78 is 5.72. The first-order valence-electron chi connectivity index (χ1n) is 4.79. The first-order valence-corrected chi connectivity index (χ1v) is 4.79. The second-order valence-electron chi connectivity index (χ2n) is 3.66. The summed E-state index contributed by atoms with van der Waals surface area (Å²) in [6, 6.07) is 0. The summed E-state index contributed by atoms with van der Waals surface area (Å²) in [6.45, 7) is 3.39. The van der Waals surface area contributed by atoms with Crippen molar-refractivity contribution in [1.82, 2.24) is 5.32 Å². The van der Waals surface area contributed by atoms with Gasteiger partial charge in [-0.25, -0.2) is 0 Å². The molecule has 0 aliphatic carbocycles. The largest absolute Gasteiger partial charge is 0.378 e. The summed E-state index contributed by atoms with van der Waals surface area (Å²) in [6.07, 6.45) is 5.85. The van der Waals surface area contributed by atoms with E-state index in [2.05, 4.69) is 5.32 Å². The van der Waals surface area contributed by atoms with Crippen molar-refractivity contribution >= 4 is 0 Å². The topological polar surface area (TPSA) is 21.3 Å². The minimum Gasteiger partial charge on any atom is -0.378 e. The molecule has 2 saturated heterocycles. The van der Waals surface area contributed by atoms with E-state index < -0.39 is 0 Å². The summed E-state index contributed by atoms with van der Waals surface area (Å²) in [5.74, 6) is 0.815. The molecule has 0 spiro atoms. The van der Waals surface area contributed by atoms with Crippen molar-refractivity contribution in [2.75, 3.05) is 19.7 Å². The van der Waals surface area contributed by atoms with Crippen LogP contribution in [0.1, 0.15) is 25.7 Å². The minimum atomic E-state index is 0.582. The van der Waals surface area contributed by atoms with Gasteiger partial charge < -0.3 is 10.1 Å². The van der Waals surface area contributed by atoms with Crippen LogP contribution in [0.4, 0.5) is 0 Å². The Labute approximate surface area is 68.3 Å². The van der Waals surface area contributed by atoms with Crippen LogP contribution in [0.25, 0.3) is 0 Å². The summed E-state index contributed by atoms with van der Waals surface area (Å²) in [4.78, 5) is 0. The third-order valence-corrected chi connectivity index (χ3v) is 2.84. The van der Waals surface area contributed by atoms with Crippen LogP contribution in [0.15, 0.2) is 0 Å². The Morgan fingerprint density at radius 1 is 1.18 bits per heavy atom. The molecule has 2 aliphatic rings. The van der Waals surface area contributed by atoms with Crippen LogP contribution in [-0.2, 0) is 4.74 Å². The van der Waals surface area contributed by atoms with Crippen LogP contribution in [0, 0.1) is 5.92 Å². The van der Waals surface area contributed by atoms with Crippen LogP contribution in [-0.4, -0.2) is 25.8 Å². The molecule has 0 aromatic heterocycles. The van der Waals surface area contributed by atoms with Crippen molar-refractivity contribution in [3.05, 3.63) is 0 Å². The van der Waals surface area contributed by atoms with Gasteiger partial charge in [0.05, 0.1) is 6.10 Å². The fraction of sp³-hybridized carbons (Fsp3) is 1.00. The average Bonchev–Trinajstić information content (AvgIpc) is 2.58. The van der Waals surface area contributed by atoms with E-state index in [0.717, 1.165) is 12.5 Å². The van der Waals surface area contributed by atoms with E-state index in [-0.39, 0.29) is 0 Å². The summed E-state index contributed by atoms with van der Waals surface area (Å²) >= 11 is 0. The highest BCUT2D eigenvalue weighted by atomic mass is 16.5. The molecule has 0 amide bonds. The molecule has 1 N–H and O–H groups in total. The highest BCUT2D eigenvalue weighted by Gasteiger charge is 2.26. The normalized spacial score (nSPS) is 39.3. The maximum atomic E-state index is 5.72. The van der Waals surface area contributed by atoms with Crippen LogP contribution in [0.3, 0.4) is 0 Å². The van der Waals surface area contributed by atoms with Crippen molar-refractivity contribution in [2.45, 2.75) is 31.8 Å². The zero-order valence-corrected chi connectivity index (χ0v) is 7.01. The molecule has 2 unspecified atom stereocenters. The van der Waals surface area contributed by atoms with Gasteiger partial charge in [-0.05, 0) is 38.1 Å². The highest BCUT2D eigenvalue weighted by Crippen LogP contribution is 2.23. The van der Waals surface area contributed by atoms with Gasteiger partial charge in [0, 0.05) is 13.2 Å². The van der Waals surface area contributed by atoms with Gasteiger partial charge in [-0.1, -0.05) is 0 Å². The zero-order chi connectivity index (χ0) is 7.52. The molecule has 2 rings (SSSR count). The van der Waals surface area contributed by atoms with Crippen molar-refractivity contribution < 1.29 is 4.74 Å². The standard InChI is InChI=1S/C9H17NO/c1-2-6-11-9(3-1)8-4-5-10-7-8/h8-10H,1-7H2. The first-order chi connectivity index (χ1) is 5.47. The Morgan fingerprint density at radius 3 is 2.82 bits per heavy atom. The highest BCUT2D eigenvalue weighted by molar-refractivity contribution is 4.80. The van der Waals surface area contributed by atoms with E-state index in [0.29, 0.717) is 6.10 Å². The predicted octanol–water partition coefficient (Wildman–Crippen LogP) is 1.17. The molecule has 2 heteroatoms. The van der Waals surface area contributed by atoms with Gasteiger partial charge >= 0.3 is 0 Å². The summed E-state index contributed by atoms with van der Waals surface area (Å²) in [5.41, 5.74) is 0. The quantitative estimate of drug-likeness (QED) is 0.613. The molecule has 0 aromatic rings. The number of hydrogen-bond acceptors (Lipinski definition) is 2. The van der Waals surface area contributed by atoms with E-state index >= 15 is 0 Å². The Hall–Kier alpha value is -0.0800. The summed E-state index contributed by atoms with van der Waals surface area (Å²) in [5, 5.41) is 3.39. The molecule has 2 aliphatic heterocycles. The van der Waals surface area contributed by atoms with Crippen molar-refractivity contribution in [2.24, 2.45) is 5.92 Å². The molecule has 2 nitrogen and oxygen atoms in total. The Morgan fingerprint density at radius 2 is 2.18 bits per heavy atom. The zero-order valence-electron chi connectivity index (χ0n) is 7.01. The number of rotatable bonds is 1. The van der Waals surface area contributed by atoms with Crippen LogP contribution >= 0.6 is 0 Å². The molecule has 0 aromatic carbocycles. The van der Waals surface area contributed by atoms with Crippen molar-refractivity contribution in [1.29, 1.82) is 0 Å². The van der Waals surface area contributed by atoms with Crippen molar-refractivity contribution in [3.8, 4) is 0 Å². The number of nitrogens with one attached hydrogen (secondary N) is 1. The number of ether oxygens (including phenoxy) is 1. The average molecular weight is 155 g/mol. The van der Waals surface area contributed by atoms with Gasteiger partial charge in [-0.2, -0.15) is 0 Å². The van der Waals surface area contributed by atoms with E-state index in [1.807, 2.05) is 0 Å². The lowest BCUT2D eigenvalue weighted by Crippen LogP contribution is -2.29. The molecule has 2 fully saturated rings. The third kappa shape index (κ3) is 1.74. The van der Waals surface area contributed by atoms with Crippen LogP contribution < -0.4 is 5.32 Å². The molecule has 2 heterocycles. The first kappa shape index (κ1) is 7.56. The van der Waals surface area contributed by atoms with E-state index in [1.165, 1.54) is 38.8 Å². The molecular weight excluding hydrogens is 138 g/mol. The van der Waals surface area contributed by atoms with E-state index in [1.54, 1.807) is 0 Å². The molecule has 0 saturated carbocycles. The lowest BCUT2D eigenvalue weighted by Gasteiger charge is -2.27. The van der Waals surface area contributed by atoms with Gasteiger partial charge in [0.15, 0.2) is 0 Å². The lowest BCUT2D eigenvalue weighted by atomic mass is 9.95. The molecule has 0 radical (unpaired) electrons. The predicted molar refractivity (Wildman–Crippen MR) is 44.6 cm³/mol. The van der Waals surface area contributed by atoms with Crippen LogP contribution in [0.5, 0.6) is 0 Å². The SMILES string of the molecule is C1CCC(C2CCNC2)OC1. The Kier molecular flexibility index (Phi) is 2.44. The fourth-order valence-corrected chi connectivity index (χ4v) is 2.13. The fourth-order valence-electron chi connectivity index (χ4n) is 2.13. The van der Waals surface area contributed by atoms with Crippen molar-refractivity contribution in [3.63, 3.8) is 0 Å². The molecule has 11 heavy (non-hydrogen) atoms. The monoisotopic (exact) mass is 155 g/mol. The van der Waals surface area contributed by atoms with Crippen LogP contribution in [0.2, 0.25) is 0 Å². The molecule has 64 valence electrons. The smallest absolute Gasteiger partial charge is 0.0615 e. The molecular formula is C9H17NO. The van der Waals surface area contributed by atoms with Gasteiger partial charge in [0.25, 0.3) is 0 Å². The maximum Gasteiger partial charge on any atom is 0.0615 e. The second kappa shape index (κ2) is 3.55. The Bertz CT molecular complexity index is 115. The van der Waals surface area contributed by atoms with Gasteiger partial charge in [0.1, 0.15) is 0 Å². The molecule has 0 bridgehead atoms. The number of hydrogen-bond donors (Lipinski definition) is 1. The van der Waals surface area contributed by atoms with E-state index in [4.69, 9.17) is 4.74 Å². The van der Waals surface area contributed by atoms with Gasteiger partial charge in [0.2, 0.25) is 0 Å². The van der Waals surface area contributed by atoms with E-state index in [9.17, 15) is 0 Å². The minimum absolute atomic E-state index is 0.582. The van der Waals surface area contributed by atoms with Gasteiger partial charge in [-0.3, -0.25) is 0 Å².